The molecule has 1 N–H and O–H groups in total. The molecule has 4 rings (SSSR count). The van der Waals surface area contributed by atoms with Crippen molar-refractivity contribution in [3.8, 4) is 0 Å². The molecule has 0 atom stereocenters. The van der Waals surface area contributed by atoms with Gasteiger partial charge in [-0.25, -0.2) is 0 Å². The van der Waals surface area contributed by atoms with Gasteiger partial charge < -0.3 is 10.0 Å². The minimum atomic E-state index is -0.601. The Labute approximate surface area is 138 Å². The zero-order valence-electron chi connectivity index (χ0n) is 14.0. The number of hydrogen-bond donors (Lipinski definition) is 1. The molecule has 2 saturated carbocycles. The predicted molar refractivity (Wildman–Crippen MR) is 90.0 cm³/mol. The zero-order chi connectivity index (χ0) is 16.1. The highest BCUT2D eigenvalue weighted by molar-refractivity contribution is 5.81. The summed E-state index contributed by atoms with van der Waals surface area (Å²) >= 11 is 0. The molecule has 1 aliphatic heterocycles. The normalized spacial score (nSPS) is 33.1. The van der Waals surface area contributed by atoms with Crippen LogP contribution < -0.4 is 0 Å². The molecule has 2 aliphatic carbocycles. The molecule has 0 radical (unpaired) electrons. The molecule has 1 aromatic rings. The minimum Gasteiger partial charge on any atom is -0.390 e. The van der Waals surface area contributed by atoms with Gasteiger partial charge in [0.05, 0.1) is 5.60 Å². The zero-order valence-corrected chi connectivity index (χ0v) is 14.0. The van der Waals surface area contributed by atoms with E-state index in [1.165, 1.54) is 31.2 Å². The topological polar surface area (TPSA) is 40.5 Å². The van der Waals surface area contributed by atoms with E-state index >= 15 is 0 Å². The van der Waals surface area contributed by atoms with Crippen LogP contribution in [-0.2, 0) is 4.79 Å². The lowest BCUT2D eigenvalue weighted by atomic mass is 9.64. The highest BCUT2D eigenvalue weighted by Crippen LogP contribution is 2.49. The Morgan fingerprint density at radius 2 is 1.74 bits per heavy atom. The van der Waals surface area contributed by atoms with Gasteiger partial charge in [0.25, 0.3) is 0 Å². The van der Waals surface area contributed by atoms with E-state index in [2.05, 4.69) is 30.3 Å². The Hall–Kier alpha value is -1.35. The van der Waals surface area contributed by atoms with Crippen LogP contribution in [0.4, 0.5) is 0 Å². The third-order valence-electron chi connectivity index (χ3n) is 6.40. The second-order valence-electron chi connectivity index (χ2n) is 8.48. The standard InChI is InChI=1S/C20H27NO2/c1-19(23)11-17(12-19)18(22)21-13-20(14-21)9-7-16(8-10-20)15-5-3-2-4-6-15/h2-6,16-17,23H,7-14H2,1H3. The van der Waals surface area contributed by atoms with E-state index in [4.69, 9.17) is 0 Å². The van der Waals surface area contributed by atoms with Crippen molar-refractivity contribution in [1.29, 1.82) is 0 Å². The second kappa shape index (κ2) is 5.34. The highest BCUT2D eigenvalue weighted by Gasteiger charge is 2.51. The van der Waals surface area contributed by atoms with Crippen LogP contribution in [0.1, 0.15) is 56.9 Å². The van der Waals surface area contributed by atoms with Crippen molar-refractivity contribution >= 4 is 5.91 Å². The fourth-order valence-corrected chi connectivity index (χ4v) is 4.96. The number of nitrogens with zero attached hydrogens (tertiary/aromatic N) is 1. The third kappa shape index (κ3) is 2.80. The number of carbonyl (C=O) groups is 1. The number of aliphatic hydroxyl groups is 1. The Bertz CT molecular complexity index is 571. The molecule has 3 fully saturated rings. The minimum absolute atomic E-state index is 0.0722. The number of likely N-dealkylation sites (tertiary alicyclic amines) is 1. The van der Waals surface area contributed by atoms with Crippen molar-refractivity contribution < 1.29 is 9.90 Å². The molecule has 1 heterocycles. The number of rotatable bonds is 2. The van der Waals surface area contributed by atoms with Gasteiger partial charge in [0, 0.05) is 24.4 Å². The maximum atomic E-state index is 12.4. The van der Waals surface area contributed by atoms with E-state index in [1.54, 1.807) is 0 Å². The summed E-state index contributed by atoms with van der Waals surface area (Å²) in [6, 6.07) is 10.9. The maximum Gasteiger partial charge on any atom is 0.225 e. The number of carbonyl (C=O) groups excluding carboxylic acids is 1. The Kier molecular flexibility index (Phi) is 3.53. The Morgan fingerprint density at radius 1 is 1.13 bits per heavy atom. The molecule has 124 valence electrons. The van der Waals surface area contributed by atoms with E-state index in [9.17, 15) is 9.90 Å². The molecule has 1 spiro atoms. The first kappa shape index (κ1) is 15.2. The molecular weight excluding hydrogens is 286 g/mol. The number of amides is 1. The second-order valence-corrected chi connectivity index (χ2v) is 8.48. The van der Waals surface area contributed by atoms with Crippen molar-refractivity contribution in [3.63, 3.8) is 0 Å². The fraction of sp³-hybridized carbons (Fsp3) is 0.650. The summed E-state index contributed by atoms with van der Waals surface area (Å²) < 4.78 is 0. The van der Waals surface area contributed by atoms with Gasteiger partial charge in [-0.3, -0.25) is 4.79 Å². The van der Waals surface area contributed by atoms with Gasteiger partial charge in [-0.2, -0.15) is 0 Å². The van der Waals surface area contributed by atoms with Crippen molar-refractivity contribution in [2.45, 2.75) is 57.0 Å². The van der Waals surface area contributed by atoms with Crippen LogP contribution in [0, 0.1) is 11.3 Å². The summed E-state index contributed by atoms with van der Waals surface area (Å²) in [4.78, 5) is 14.5. The maximum absolute atomic E-state index is 12.4. The van der Waals surface area contributed by atoms with E-state index in [-0.39, 0.29) is 11.8 Å². The molecule has 0 aromatic heterocycles. The van der Waals surface area contributed by atoms with Gasteiger partial charge in [-0.15, -0.1) is 0 Å². The van der Waals surface area contributed by atoms with E-state index < -0.39 is 5.60 Å². The van der Waals surface area contributed by atoms with Crippen molar-refractivity contribution in [2.24, 2.45) is 11.3 Å². The van der Waals surface area contributed by atoms with Gasteiger partial charge in [-0.1, -0.05) is 30.3 Å². The fourth-order valence-electron chi connectivity index (χ4n) is 4.96. The lowest BCUT2D eigenvalue weighted by molar-refractivity contribution is -0.163. The van der Waals surface area contributed by atoms with Gasteiger partial charge in [-0.05, 0) is 56.9 Å². The van der Waals surface area contributed by atoms with Gasteiger partial charge in [0.15, 0.2) is 0 Å². The molecule has 3 nitrogen and oxygen atoms in total. The molecule has 0 unspecified atom stereocenters. The van der Waals surface area contributed by atoms with Crippen molar-refractivity contribution in [2.75, 3.05) is 13.1 Å². The first-order valence-electron chi connectivity index (χ1n) is 9.03. The number of hydrogen-bond acceptors (Lipinski definition) is 2. The molecule has 1 amide bonds. The van der Waals surface area contributed by atoms with Gasteiger partial charge in [0.1, 0.15) is 0 Å². The van der Waals surface area contributed by atoms with Crippen LogP contribution in [0.25, 0.3) is 0 Å². The predicted octanol–water partition coefficient (Wildman–Crippen LogP) is 3.33. The van der Waals surface area contributed by atoms with Crippen LogP contribution in [0.5, 0.6) is 0 Å². The lowest BCUT2D eigenvalue weighted by Gasteiger charge is -2.55. The molecule has 1 aromatic carbocycles. The van der Waals surface area contributed by atoms with Crippen LogP contribution in [0.3, 0.4) is 0 Å². The largest absolute Gasteiger partial charge is 0.390 e. The number of benzene rings is 1. The third-order valence-corrected chi connectivity index (χ3v) is 6.40. The molecule has 3 heteroatoms. The van der Waals surface area contributed by atoms with Crippen LogP contribution in [-0.4, -0.2) is 34.6 Å². The van der Waals surface area contributed by atoms with Gasteiger partial charge >= 0.3 is 0 Å². The van der Waals surface area contributed by atoms with Crippen LogP contribution in [0.2, 0.25) is 0 Å². The Balaban J connectivity index is 1.28. The van der Waals surface area contributed by atoms with Crippen molar-refractivity contribution in [3.05, 3.63) is 35.9 Å². The molecule has 1 saturated heterocycles. The first-order chi connectivity index (χ1) is 11.0. The van der Waals surface area contributed by atoms with E-state index in [0.717, 1.165) is 13.1 Å². The molecule has 3 aliphatic rings. The lowest BCUT2D eigenvalue weighted by Crippen LogP contribution is -2.62. The summed E-state index contributed by atoms with van der Waals surface area (Å²) in [5, 5.41) is 9.81. The molecule has 23 heavy (non-hydrogen) atoms. The quantitative estimate of drug-likeness (QED) is 0.910. The first-order valence-corrected chi connectivity index (χ1v) is 9.03. The summed E-state index contributed by atoms with van der Waals surface area (Å²) in [5.74, 6) is 1.06. The van der Waals surface area contributed by atoms with Gasteiger partial charge in [0.2, 0.25) is 5.91 Å². The summed E-state index contributed by atoms with van der Waals surface area (Å²) in [6.45, 7) is 3.73. The van der Waals surface area contributed by atoms with E-state index in [0.29, 0.717) is 24.2 Å². The SMILES string of the molecule is CC1(O)CC(C(=O)N2CC3(CCC(c4ccccc4)CC3)C2)C1. The molecular formula is C20H27NO2. The van der Waals surface area contributed by atoms with Crippen molar-refractivity contribution in [1.82, 2.24) is 4.90 Å². The monoisotopic (exact) mass is 313 g/mol. The highest BCUT2D eigenvalue weighted by atomic mass is 16.3. The average Bonchev–Trinajstić information content (AvgIpc) is 2.50. The van der Waals surface area contributed by atoms with Crippen LogP contribution in [0.15, 0.2) is 30.3 Å². The van der Waals surface area contributed by atoms with Crippen LogP contribution >= 0.6 is 0 Å². The van der Waals surface area contributed by atoms with E-state index in [1.807, 2.05) is 11.8 Å². The smallest absolute Gasteiger partial charge is 0.225 e. The Morgan fingerprint density at radius 3 is 2.30 bits per heavy atom. The molecule has 0 bridgehead atoms. The summed E-state index contributed by atoms with van der Waals surface area (Å²) in [7, 11) is 0. The summed E-state index contributed by atoms with van der Waals surface area (Å²) in [5.41, 5.74) is 1.27. The average molecular weight is 313 g/mol. The summed E-state index contributed by atoms with van der Waals surface area (Å²) in [6.07, 6.45) is 6.29.